The zero-order valence-corrected chi connectivity index (χ0v) is 17.9. The van der Waals surface area contributed by atoms with Gasteiger partial charge in [0.05, 0.1) is 12.5 Å². The largest absolute Gasteiger partial charge is 0.479 e. The number of rotatable bonds is 8. The molecule has 0 aliphatic heterocycles. The SMILES string of the molecule is C[C@H](Oc1ccc(F)cc1)C(=O)OCC(=O)N(CCC#N)C12CC3CC(CC(C3)C1)C2. The molecule has 166 valence electrons. The molecule has 1 aromatic rings. The average molecular weight is 429 g/mol. The molecular weight excluding hydrogens is 399 g/mol. The van der Waals surface area contributed by atoms with Gasteiger partial charge in [-0.2, -0.15) is 5.26 Å². The molecule has 31 heavy (non-hydrogen) atoms. The fraction of sp³-hybridized carbons (Fsp3) is 0.625. The summed E-state index contributed by atoms with van der Waals surface area (Å²) in [7, 11) is 0. The van der Waals surface area contributed by atoms with Crippen molar-refractivity contribution in [3.05, 3.63) is 30.1 Å². The molecule has 0 aromatic heterocycles. The van der Waals surface area contributed by atoms with E-state index in [1.54, 1.807) is 0 Å². The van der Waals surface area contributed by atoms with Crippen LogP contribution in [0.5, 0.6) is 5.75 Å². The summed E-state index contributed by atoms with van der Waals surface area (Å²) in [6.07, 6.45) is 6.10. The minimum absolute atomic E-state index is 0.189. The third kappa shape index (κ3) is 4.68. The molecule has 1 atom stereocenters. The van der Waals surface area contributed by atoms with E-state index in [0.29, 0.717) is 30.0 Å². The number of benzene rings is 1. The maximum atomic E-state index is 13.1. The summed E-state index contributed by atoms with van der Waals surface area (Å²) < 4.78 is 23.8. The van der Waals surface area contributed by atoms with Crippen LogP contribution in [0.3, 0.4) is 0 Å². The van der Waals surface area contributed by atoms with E-state index in [1.807, 2.05) is 4.90 Å². The van der Waals surface area contributed by atoms with Crippen LogP contribution in [-0.4, -0.2) is 41.6 Å². The molecule has 5 rings (SSSR count). The number of esters is 1. The quantitative estimate of drug-likeness (QED) is 0.588. The van der Waals surface area contributed by atoms with E-state index < -0.39 is 17.9 Å². The van der Waals surface area contributed by atoms with Crippen molar-refractivity contribution in [3.8, 4) is 11.8 Å². The molecule has 0 unspecified atom stereocenters. The predicted molar refractivity (Wildman–Crippen MR) is 110 cm³/mol. The van der Waals surface area contributed by atoms with Crippen molar-refractivity contribution in [2.75, 3.05) is 13.2 Å². The van der Waals surface area contributed by atoms with Crippen LogP contribution in [0.2, 0.25) is 0 Å². The molecular formula is C24H29FN2O4. The molecule has 0 heterocycles. The molecule has 0 spiro atoms. The Morgan fingerprint density at radius 3 is 2.29 bits per heavy atom. The van der Waals surface area contributed by atoms with E-state index >= 15 is 0 Å². The van der Waals surface area contributed by atoms with Crippen LogP contribution in [0.1, 0.15) is 51.9 Å². The Morgan fingerprint density at radius 1 is 1.16 bits per heavy atom. The van der Waals surface area contributed by atoms with E-state index in [1.165, 1.54) is 50.5 Å². The molecule has 0 saturated heterocycles. The molecule has 1 aromatic carbocycles. The maximum absolute atomic E-state index is 13.1. The van der Waals surface area contributed by atoms with Crippen LogP contribution in [-0.2, 0) is 14.3 Å². The molecule has 1 amide bonds. The van der Waals surface area contributed by atoms with Crippen LogP contribution in [0.4, 0.5) is 4.39 Å². The lowest BCUT2D eigenvalue weighted by molar-refractivity contribution is -0.165. The van der Waals surface area contributed by atoms with E-state index in [-0.39, 0.29) is 24.5 Å². The minimum atomic E-state index is -0.926. The molecule has 4 aliphatic carbocycles. The van der Waals surface area contributed by atoms with Crippen molar-refractivity contribution >= 4 is 11.9 Å². The Labute approximate surface area is 182 Å². The predicted octanol–water partition coefficient (Wildman–Crippen LogP) is 3.85. The Balaban J connectivity index is 1.37. The zero-order valence-electron chi connectivity index (χ0n) is 17.9. The number of ether oxygens (including phenoxy) is 2. The summed E-state index contributed by atoms with van der Waals surface area (Å²) in [5.74, 6) is 1.06. The van der Waals surface area contributed by atoms with Gasteiger partial charge in [0.15, 0.2) is 12.7 Å². The van der Waals surface area contributed by atoms with Crippen molar-refractivity contribution in [1.29, 1.82) is 5.26 Å². The molecule has 4 saturated carbocycles. The first-order valence-electron chi connectivity index (χ1n) is 11.1. The molecule has 4 bridgehead atoms. The van der Waals surface area contributed by atoms with Crippen LogP contribution in [0, 0.1) is 34.9 Å². The second kappa shape index (κ2) is 8.86. The molecule has 0 N–H and O–H groups in total. The lowest BCUT2D eigenvalue weighted by atomic mass is 9.52. The second-order valence-corrected chi connectivity index (χ2v) is 9.42. The molecule has 4 fully saturated rings. The number of nitrogens with zero attached hydrogens (tertiary/aromatic N) is 2. The highest BCUT2D eigenvalue weighted by Crippen LogP contribution is 2.57. The topological polar surface area (TPSA) is 79.6 Å². The highest BCUT2D eigenvalue weighted by atomic mass is 19.1. The first-order chi connectivity index (χ1) is 14.9. The van der Waals surface area contributed by atoms with Gasteiger partial charge in [-0.3, -0.25) is 4.79 Å². The van der Waals surface area contributed by atoms with Gasteiger partial charge in [-0.05, 0) is 87.5 Å². The molecule has 6 nitrogen and oxygen atoms in total. The summed E-state index contributed by atoms with van der Waals surface area (Å²) in [5.41, 5.74) is -0.189. The number of hydrogen-bond donors (Lipinski definition) is 0. The van der Waals surface area contributed by atoms with Crippen molar-refractivity contribution in [2.24, 2.45) is 17.8 Å². The van der Waals surface area contributed by atoms with E-state index in [2.05, 4.69) is 6.07 Å². The van der Waals surface area contributed by atoms with Crippen LogP contribution in [0.15, 0.2) is 24.3 Å². The van der Waals surface area contributed by atoms with Crippen molar-refractivity contribution in [1.82, 2.24) is 4.90 Å². The third-order valence-corrected chi connectivity index (χ3v) is 7.12. The van der Waals surface area contributed by atoms with E-state index in [9.17, 15) is 14.0 Å². The van der Waals surface area contributed by atoms with Gasteiger partial charge in [0.2, 0.25) is 0 Å². The number of hydrogen-bond acceptors (Lipinski definition) is 5. The highest BCUT2D eigenvalue weighted by molar-refractivity contribution is 5.82. The number of carbonyl (C=O) groups excluding carboxylic acids is 2. The monoisotopic (exact) mass is 428 g/mol. The Bertz CT molecular complexity index is 828. The van der Waals surface area contributed by atoms with Crippen LogP contribution in [0.25, 0.3) is 0 Å². The van der Waals surface area contributed by atoms with Gasteiger partial charge in [-0.15, -0.1) is 0 Å². The van der Waals surface area contributed by atoms with Gasteiger partial charge in [0, 0.05) is 12.1 Å². The molecule has 4 aliphatic rings. The Kier molecular flexibility index (Phi) is 6.17. The summed E-state index contributed by atoms with van der Waals surface area (Å²) in [4.78, 5) is 27.4. The smallest absolute Gasteiger partial charge is 0.347 e. The lowest BCUT2D eigenvalue weighted by Gasteiger charge is -2.60. The van der Waals surface area contributed by atoms with Gasteiger partial charge in [-0.1, -0.05) is 0 Å². The van der Waals surface area contributed by atoms with E-state index in [4.69, 9.17) is 14.7 Å². The first-order valence-corrected chi connectivity index (χ1v) is 11.1. The minimum Gasteiger partial charge on any atom is -0.479 e. The Morgan fingerprint density at radius 2 is 1.74 bits per heavy atom. The number of amides is 1. The van der Waals surface area contributed by atoms with Crippen LogP contribution >= 0.6 is 0 Å². The summed E-state index contributed by atoms with van der Waals surface area (Å²) in [6.45, 7) is 1.55. The highest BCUT2D eigenvalue weighted by Gasteiger charge is 2.54. The van der Waals surface area contributed by atoms with Gasteiger partial charge in [0.1, 0.15) is 11.6 Å². The van der Waals surface area contributed by atoms with Crippen molar-refractivity contribution < 1.29 is 23.5 Å². The Hall–Kier alpha value is -2.62. The molecule has 7 heteroatoms. The maximum Gasteiger partial charge on any atom is 0.347 e. The van der Waals surface area contributed by atoms with Crippen molar-refractivity contribution in [2.45, 2.75) is 63.5 Å². The zero-order chi connectivity index (χ0) is 22.0. The second-order valence-electron chi connectivity index (χ2n) is 9.42. The third-order valence-electron chi connectivity index (χ3n) is 7.12. The number of nitriles is 1. The fourth-order valence-electron chi connectivity index (χ4n) is 6.28. The summed E-state index contributed by atoms with van der Waals surface area (Å²) in [6, 6.07) is 7.51. The number of halogens is 1. The van der Waals surface area contributed by atoms with Gasteiger partial charge >= 0.3 is 5.97 Å². The normalized spacial score (nSPS) is 29.1. The lowest BCUT2D eigenvalue weighted by Crippen LogP contribution is -2.62. The van der Waals surface area contributed by atoms with E-state index in [0.717, 1.165) is 19.3 Å². The van der Waals surface area contributed by atoms with Gasteiger partial charge in [0.25, 0.3) is 5.91 Å². The average Bonchev–Trinajstić information content (AvgIpc) is 2.72. The van der Waals surface area contributed by atoms with Gasteiger partial charge < -0.3 is 14.4 Å². The number of carbonyl (C=O) groups is 2. The van der Waals surface area contributed by atoms with Gasteiger partial charge in [-0.25, -0.2) is 9.18 Å². The fourth-order valence-corrected chi connectivity index (χ4v) is 6.28. The standard InChI is InChI=1S/C24H29FN2O4/c1-16(31-21-5-3-20(25)4-6-21)23(29)30-15-22(28)27(8-2-7-26)24-12-17-9-18(13-24)11-19(10-17)14-24/h3-6,16-19H,2,8-15H2,1H3/t16-,17?,18?,19?,24?/m0/s1. The summed E-state index contributed by atoms with van der Waals surface area (Å²) in [5, 5.41) is 9.11. The first kappa shape index (κ1) is 21.6. The summed E-state index contributed by atoms with van der Waals surface area (Å²) >= 11 is 0. The van der Waals surface area contributed by atoms with Crippen LogP contribution < -0.4 is 4.74 Å². The van der Waals surface area contributed by atoms with Crippen molar-refractivity contribution in [3.63, 3.8) is 0 Å². The molecule has 0 radical (unpaired) electrons.